The molecule has 0 saturated carbocycles. The number of aromatic nitrogens is 2. The second-order valence-electron chi connectivity index (χ2n) is 2.48. The number of hydrogen-bond acceptors (Lipinski definition) is 5. The van der Waals surface area contributed by atoms with Gasteiger partial charge in [0.05, 0.1) is 12.5 Å². The fourth-order valence-corrected chi connectivity index (χ4v) is 0.977. The van der Waals surface area contributed by atoms with Gasteiger partial charge in [-0.2, -0.15) is 0 Å². The fraction of sp³-hybridized carbons (Fsp3) is 0.125. The van der Waals surface area contributed by atoms with Crippen LogP contribution in [0.3, 0.4) is 0 Å². The maximum absolute atomic E-state index is 11.0. The van der Waals surface area contributed by atoms with Gasteiger partial charge in [0, 0.05) is 12.4 Å². The average molecular weight is 177 g/mol. The average Bonchev–Trinajstić information content (AvgIpc) is 2.54. The molecule has 0 radical (unpaired) electrons. The van der Waals surface area contributed by atoms with Gasteiger partial charge in [0.2, 0.25) is 0 Å². The zero-order valence-corrected chi connectivity index (χ0v) is 6.68. The Kier molecular flexibility index (Phi) is 1.91. The molecule has 1 aliphatic heterocycles. The van der Waals surface area contributed by atoms with Crippen molar-refractivity contribution in [2.24, 2.45) is 0 Å². The van der Waals surface area contributed by atoms with Crippen LogP contribution >= 0.6 is 0 Å². The third-order valence-electron chi connectivity index (χ3n) is 1.58. The van der Waals surface area contributed by atoms with Crippen molar-refractivity contribution in [2.45, 2.75) is 6.04 Å². The van der Waals surface area contributed by atoms with E-state index >= 15 is 0 Å². The van der Waals surface area contributed by atoms with Crippen molar-refractivity contribution in [3.8, 4) is 0 Å². The fourth-order valence-electron chi connectivity index (χ4n) is 0.977. The van der Waals surface area contributed by atoms with Crippen molar-refractivity contribution in [3.05, 3.63) is 30.9 Å². The van der Waals surface area contributed by atoms with E-state index in [0.717, 1.165) is 0 Å². The Hall–Kier alpha value is -1.91. The summed E-state index contributed by atoms with van der Waals surface area (Å²) in [6, 6.07) is -0.448. The number of ether oxygens (including phenoxy) is 1. The van der Waals surface area contributed by atoms with E-state index in [4.69, 9.17) is 0 Å². The Morgan fingerprint density at radius 3 is 3.00 bits per heavy atom. The van der Waals surface area contributed by atoms with Gasteiger partial charge in [-0.15, -0.1) is 0 Å². The quantitative estimate of drug-likeness (QED) is 0.659. The molecule has 0 saturated heterocycles. The lowest BCUT2D eigenvalue weighted by Crippen LogP contribution is -2.24. The second kappa shape index (κ2) is 3.22. The monoisotopic (exact) mass is 177 g/mol. The normalized spacial score (nSPS) is 20.0. The lowest BCUT2D eigenvalue weighted by atomic mass is 10.3. The largest absolute Gasteiger partial charge is 0.433 e. The number of esters is 1. The summed E-state index contributed by atoms with van der Waals surface area (Å²) >= 11 is 0. The highest BCUT2D eigenvalue weighted by Crippen LogP contribution is 2.08. The molecule has 1 atom stereocenters. The number of nitrogens with one attached hydrogen (secondary N) is 1. The van der Waals surface area contributed by atoms with E-state index in [-0.39, 0.29) is 5.97 Å². The molecule has 0 fully saturated rings. The molecule has 66 valence electrons. The highest BCUT2D eigenvalue weighted by Gasteiger charge is 2.21. The topological polar surface area (TPSA) is 64.1 Å². The maximum Gasteiger partial charge on any atom is 0.337 e. The van der Waals surface area contributed by atoms with E-state index in [1.165, 1.54) is 6.26 Å². The molecule has 1 unspecified atom stereocenters. The summed E-state index contributed by atoms with van der Waals surface area (Å²) in [5, 5.41) is 2.86. The lowest BCUT2D eigenvalue weighted by molar-refractivity contribution is -0.136. The zero-order chi connectivity index (χ0) is 9.10. The lowest BCUT2D eigenvalue weighted by Gasteiger charge is -2.06. The number of carbonyl (C=O) groups excluding carboxylic acids is 1. The van der Waals surface area contributed by atoms with Gasteiger partial charge in [-0.05, 0) is 6.08 Å². The van der Waals surface area contributed by atoms with Crippen molar-refractivity contribution >= 4 is 11.8 Å². The van der Waals surface area contributed by atoms with E-state index in [1.807, 2.05) is 0 Å². The molecule has 0 aliphatic carbocycles. The zero-order valence-electron chi connectivity index (χ0n) is 6.68. The molecule has 2 heterocycles. The van der Waals surface area contributed by atoms with E-state index in [0.29, 0.717) is 5.82 Å². The summed E-state index contributed by atoms with van der Waals surface area (Å²) in [6.07, 6.45) is 7.63. The van der Waals surface area contributed by atoms with Gasteiger partial charge < -0.3 is 10.1 Å². The highest BCUT2D eigenvalue weighted by molar-refractivity contribution is 5.83. The third-order valence-corrected chi connectivity index (χ3v) is 1.58. The molecule has 0 amide bonds. The van der Waals surface area contributed by atoms with Crippen LogP contribution in [0, 0.1) is 0 Å². The van der Waals surface area contributed by atoms with Crippen molar-refractivity contribution in [3.63, 3.8) is 0 Å². The summed E-state index contributed by atoms with van der Waals surface area (Å²) in [5.41, 5.74) is 0. The molecule has 0 spiro atoms. The minimum Gasteiger partial charge on any atom is -0.433 e. The molecule has 0 bridgehead atoms. The summed E-state index contributed by atoms with van der Waals surface area (Å²) < 4.78 is 4.61. The van der Waals surface area contributed by atoms with Crippen LogP contribution in [0.25, 0.3) is 0 Å². The van der Waals surface area contributed by atoms with Crippen LogP contribution in [-0.4, -0.2) is 22.0 Å². The van der Waals surface area contributed by atoms with Crippen LogP contribution in [0.4, 0.5) is 5.82 Å². The first-order valence-electron chi connectivity index (χ1n) is 3.76. The van der Waals surface area contributed by atoms with Gasteiger partial charge in [0.15, 0.2) is 0 Å². The Balaban J connectivity index is 2.06. The van der Waals surface area contributed by atoms with Crippen molar-refractivity contribution in [1.29, 1.82) is 0 Å². The van der Waals surface area contributed by atoms with Crippen LogP contribution in [0.5, 0.6) is 0 Å². The van der Waals surface area contributed by atoms with Gasteiger partial charge in [-0.3, -0.25) is 4.98 Å². The molecule has 1 aromatic rings. The molecule has 1 N–H and O–H groups in total. The predicted molar refractivity (Wildman–Crippen MR) is 44.7 cm³/mol. The molecule has 1 aliphatic rings. The molecular formula is C8H7N3O2. The van der Waals surface area contributed by atoms with Crippen LogP contribution in [0.1, 0.15) is 0 Å². The molecule has 5 nitrogen and oxygen atoms in total. The Morgan fingerprint density at radius 2 is 2.38 bits per heavy atom. The van der Waals surface area contributed by atoms with Gasteiger partial charge in [0.25, 0.3) is 0 Å². The first-order chi connectivity index (χ1) is 6.36. The number of carbonyl (C=O) groups is 1. The molecule has 0 aromatic carbocycles. The minimum absolute atomic E-state index is 0.328. The molecule has 13 heavy (non-hydrogen) atoms. The number of rotatable bonds is 2. The van der Waals surface area contributed by atoms with Crippen molar-refractivity contribution in [2.75, 3.05) is 5.32 Å². The van der Waals surface area contributed by atoms with E-state index in [2.05, 4.69) is 20.0 Å². The number of hydrogen-bond donors (Lipinski definition) is 1. The summed E-state index contributed by atoms with van der Waals surface area (Å²) in [4.78, 5) is 18.8. The number of nitrogens with zero attached hydrogens (tertiary/aromatic N) is 2. The standard InChI is InChI=1S/C8H7N3O2/c12-8-6(1-4-13-8)11-7-5-9-2-3-10-7/h1-6H,(H,10,11). The Bertz CT molecular complexity index is 337. The Labute approximate surface area is 74.5 Å². The molecule has 1 aromatic heterocycles. The predicted octanol–water partition coefficient (Wildman–Crippen LogP) is 0.328. The van der Waals surface area contributed by atoms with Crippen LogP contribution < -0.4 is 5.32 Å². The SMILES string of the molecule is O=C1OC=CC1Nc1cnccn1. The molecule has 2 rings (SSSR count). The number of anilines is 1. The van der Waals surface area contributed by atoms with Gasteiger partial charge >= 0.3 is 5.97 Å². The summed E-state index contributed by atoms with van der Waals surface area (Å²) in [7, 11) is 0. The van der Waals surface area contributed by atoms with Crippen molar-refractivity contribution in [1.82, 2.24) is 9.97 Å². The summed E-state index contributed by atoms with van der Waals surface area (Å²) in [6.45, 7) is 0. The van der Waals surface area contributed by atoms with E-state index in [9.17, 15) is 4.79 Å². The minimum atomic E-state index is -0.448. The van der Waals surface area contributed by atoms with Crippen molar-refractivity contribution < 1.29 is 9.53 Å². The molecule has 5 heteroatoms. The van der Waals surface area contributed by atoms with Crippen LogP contribution in [0.15, 0.2) is 30.9 Å². The van der Waals surface area contributed by atoms with Crippen LogP contribution in [-0.2, 0) is 9.53 Å². The smallest absolute Gasteiger partial charge is 0.337 e. The first kappa shape index (κ1) is 7.72. The Morgan fingerprint density at radius 1 is 1.46 bits per heavy atom. The first-order valence-corrected chi connectivity index (χ1v) is 3.76. The highest BCUT2D eigenvalue weighted by atomic mass is 16.5. The summed E-state index contributed by atoms with van der Waals surface area (Å²) in [5.74, 6) is 0.224. The third kappa shape index (κ3) is 1.64. The van der Waals surface area contributed by atoms with E-state index in [1.54, 1.807) is 24.7 Å². The van der Waals surface area contributed by atoms with Gasteiger partial charge in [0.1, 0.15) is 11.9 Å². The van der Waals surface area contributed by atoms with Gasteiger partial charge in [-0.25, -0.2) is 9.78 Å². The van der Waals surface area contributed by atoms with E-state index < -0.39 is 6.04 Å². The molecular weight excluding hydrogens is 170 g/mol. The number of cyclic esters (lactones) is 1. The van der Waals surface area contributed by atoms with Crippen LogP contribution in [0.2, 0.25) is 0 Å². The second-order valence-corrected chi connectivity index (χ2v) is 2.48. The van der Waals surface area contributed by atoms with Gasteiger partial charge in [-0.1, -0.05) is 0 Å². The maximum atomic E-state index is 11.0.